The lowest BCUT2D eigenvalue weighted by Gasteiger charge is -2.02. The Bertz CT molecular complexity index is 540. The molecular formula is C12H8BrNO2. The second kappa shape index (κ2) is 4.45. The fourth-order valence-electron chi connectivity index (χ4n) is 1.38. The van der Waals surface area contributed by atoms with Gasteiger partial charge in [-0.1, -0.05) is 18.2 Å². The highest BCUT2D eigenvalue weighted by molar-refractivity contribution is 9.10. The zero-order chi connectivity index (χ0) is 11.5. The van der Waals surface area contributed by atoms with E-state index in [4.69, 9.17) is 5.11 Å². The van der Waals surface area contributed by atoms with Gasteiger partial charge in [0.25, 0.3) is 0 Å². The second-order valence-electron chi connectivity index (χ2n) is 3.23. The first-order chi connectivity index (χ1) is 7.66. The van der Waals surface area contributed by atoms with Crippen LogP contribution in [0, 0.1) is 0 Å². The molecule has 0 spiro atoms. The van der Waals surface area contributed by atoms with Gasteiger partial charge in [0.2, 0.25) is 0 Å². The molecule has 0 saturated heterocycles. The Balaban J connectivity index is 2.48. The highest BCUT2D eigenvalue weighted by Crippen LogP contribution is 2.20. The van der Waals surface area contributed by atoms with Gasteiger partial charge in [-0.25, -0.2) is 9.78 Å². The van der Waals surface area contributed by atoms with E-state index >= 15 is 0 Å². The first kappa shape index (κ1) is 10.8. The minimum atomic E-state index is -0.933. The van der Waals surface area contributed by atoms with Crippen molar-refractivity contribution in [1.29, 1.82) is 0 Å². The van der Waals surface area contributed by atoms with Crippen molar-refractivity contribution in [2.24, 2.45) is 0 Å². The third kappa shape index (κ3) is 2.28. The number of nitrogens with zero attached hydrogens (tertiary/aromatic N) is 1. The van der Waals surface area contributed by atoms with Gasteiger partial charge >= 0.3 is 5.97 Å². The predicted octanol–water partition coefficient (Wildman–Crippen LogP) is 3.21. The van der Waals surface area contributed by atoms with Crippen molar-refractivity contribution < 1.29 is 9.90 Å². The van der Waals surface area contributed by atoms with Crippen LogP contribution in [0.15, 0.2) is 47.1 Å². The first-order valence-electron chi connectivity index (χ1n) is 4.63. The highest BCUT2D eigenvalue weighted by Gasteiger charge is 2.05. The number of carboxylic acids is 1. The van der Waals surface area contributed by atoms with Crippen molar-refractivity contribution in [1.82, 2.24) is 4.98 Å². The molecule has 0 bridgehead atoms. The molecule has 1 N–H and O–H groups in total. The van der Waals surface area contributed by atoms with E-state index in [0.29, 0.717) is 0 Å². The molecule has 1 aromatic heterocycles. The van der Waals surface area contributed by atoms with Crippen LogP contribution in [0.3, 0.4) is 0 Å². The predicted molar refractivity (Wildman–Crippen MR) is 64.3 cm³/mol. The van der Waals surface area contributed by atoms with Gasteiger partial charge in [0.05, 0.1) is 11.3 Å². The zero-order valence-corrected chi connectivity index (χ0v) is 9.81. The van der Waals surface area contributed by atoms with Crippen LogP contribution >= 0.6 is 15.9 Å². The summed E-state index contributed by atoms with van der Waals surface area (Å²) in [6.07, 6.45) is 0. The van der Waals surface area contributed by atoms with Crippen LogP contribution in [-0.2, 0) is 0 Å². The Morgan fingerprint density at radius 3 is 2.62 bits per heavy atom. The Hall–Kier alpha value is -1.68. The van der Waals surface area contributed by atoms with E-state index in [0.717, 1.165) is 15.9 Å². The SMILES string of the molecule is O=C(O)c1cccc(-c2cccc(Br)n2)c1. The summed E-state index contributed by atoms with van der Waals surface area (Å²) in [7, 11) is 0. The van der Waals surface area contributed by atoms with Crippen LogP contribution in [0.1, 0.15) is 10.4 Å². The molecule has 16 heavy (non-hydrogen) atoms. The van der Waals surface area contributed by atoms with Gasteiger partial charge in [0, 0.05) is 5.56 Å². The molecule has 0 aliphatic carbocycles. The largest absolute Gasteiger partial charge is 0.478 e. The summed E-state index contributed by atoms with van der Waals surface area (Å²) in [5.41, 5.74) is 1.80. The Labute approximate surface area is 101 Å². The third-order valence-corrected chi connectivity index (χ3v) is 2.56. The summed E-state index contributed by atoms with van der Waals surface area (Å²) in [5, 5.41) is 8.88. The molecule has 0 unspecified atom stereocenters. The lowest BCUT2D eigenvalue weighted by molar-refractivity contribution is 0.0697. The molecule has 1 aromatic carbocycles. The molecule has 80 valence electrons. The molecule has 0 radical (unpaired) electrons. The maximum Gasteiger partial charge on any atom is 0.335 e. The Morgan fingerprint density at radius 1 is 1.19 bits per heavy atom. The quantitative estimate of drug-likeness (QED) is 0.858. The summed E-state index contributed by atoms with van der Waals surface area (Å²) >= 11 is 3.28. The van der Waals surface area contributed by atoms with Gasteiger partial charge in [-0.15, -0.1) is 0 Å². The Morgan fingerprint density at radius 2 is 1.94 bits per heavy atom. The molecule has 0 aliphatic heterocycles. The molecule has 2 rings (SSSR count). The topological polar surface area (TPSA) is 50.2 Å². The van der Waals surface area contributed by atoms with Gasteiger partial charge in [-0.3, -0.25) is 0 Å². The summed E-state index contributed by atoms with van der Waals surface area (Å²) in [6, 6.07) is 12.2. The summed E-state index contributed by atoms with van der Waals surface area (Å²) in [6.45, 7) is 0. The molecule has 4 heteroatoms. The third-order valence-electron chi connectivity index (χ3n) is 2.12. The Kier molecular flexibility index (Phi) is 3.01. The van der Waals surface area contributed by atoms with Crippen molar-refractivity contribution >= 4 is 21.9 Å². The van der Waals surface area contributed by atoms with E-state index in [1.165, 1.54) is 0 Å². The van der Waals surface area contributed by atoms with Gasteiger partial charge in [0.1, 0.15) is 4.60 Å². The van der Waals surface area contributed by atoms with Crippen molar-refractivity contribution in [2.75, 3.05) is 0 Å². The molecular weight excluding hydrogens is 270 g/mol. The van der Waals surface area contributed by atoms with E-state index in [1.807, 2.05) is 24.3 Å². The van der Waals surface area contributed by atoms with Gasteiger partial charge < -0.3 is 5.11 Å². The van der Waals surface area contributed by atoms with E-state index < -0.39 is 5.97 Å². The molecule has 0 amide bonds. The first-order valence-corrected chi connectivity index (χ1v) is 5.42. The van der Waals surface area contributed by atoms with Crippen LogP contribution in [0.2, 0.25) is 0 Å². The molecule has 0 aliphatic rings. The number of hydrogen-bond donors (Lipinski definition) is 1. The number of pyridine rings is 1. The van der Waals surface area contributed by atoms with Crippen molar-refractivity contribution in [2.45, 2.75) is 0 Å². The maximum atomic E-state index is 10.8. The maximum absolute atomic E-state index is 10.8. The number of carbonyl (C=O) groups is 1. The summed E-state index contributed by atoms with van der Waals surface area (Å²) in [4.78, 5) is 15.1. The number of aromatic carboxylic acids is 1. The number of hydrogen-bond acceptors (Lipinski definition) is 2. The fourth-order valence-corrected chi connectivity index (χ4v) is 1.72. The lowest BCUT2D eigenvalue weighted by Crippen LogP contribution is -1.96. The number of halogens is 1. The lowest BCUT2D eigenvalue weighted by atomic mass is 10.1. The normalized spacial score (nSPS) is 10.1. The van der Waals surface area contributed by atoms with Crippen LogP contribution in [0.25, 0.3) is 11.3 Å². The average molecular weight is 278 g/mol. The molecule has 0 atom stereocenters. The second-order valence-corrected chi connectivity index (χ2v) is 4.04. The molecule has 0 saturated carbocycles. The zero-order valence-electron chi connectivity index (χ0n) is 8.22. The van der Waals surface area contributed by atoms with Gasteiger partial charge in [-0.05, 0) is 40.2 Å². The van der Waals surface area contributed by atoms with Crippen LogP contribution in [0.4, 0.5) is 0 Å². The fraction of sp³-hybridized carbons (Fsp3) is 0. The number of benzene rings is 1. The number of aromatic nitrogens is 1. The van der Waals surface area contributed by atoms with Crippen LogP contribution in [0.5, 0.6) is 0 Å². The van der Waals surface area contributed by atoms with Gasteiger partial charge in [-0.2, -0.15) is 0 Å². The van der Waals surface area contributed by atoms with E-state index in [1.54, 1.807) is 18.2 Å². The van der Waals surface area contributed by atoms with E-state index in [-0.39, 0.29) is 5.56 Å². The molecule has 3 nitrogen and oxygen atoms in total. The summed E-state index contributed by atoms with van der Waals surface area (Å²) < 4.78 is 0.728. The molecule has 2 aromatic rings. The van der Waals surface area contributed by atoms with E-state index in [9.17, 15) is 4.79 Å². The minimum absolute atomic E-state index is 0.263. The average Bonchev–Trinajstić information content (AvgIpc) is 2.29. The van der Waals surface area contributed by atoms with Crippen molar-refractivity contribution in [3.63, 3.8) is 0 Å². The van der Waals surface area contributed by atoms with Crippen molar-refractivity contribution in [3.05, 3.63) is 52.6 Å². The minimum Gasteiger partial charge on any atom is -0.478 e. The summed E-state index contributed by atoms with van der Waals surface area (Å²) in [5.74, 6) is -0.933. The van der Waals surface area contributed by atoms with Gasteiger partial charge in [0.15, 0.2) is 0 Å². The number of rotatable bonds is 2. The van der Waals surface area contributed by atoms with E-state index in [2.05, 4.69) is 20.9 Å². The monoisotopic (exact) mass is 277 g/mol. The van der Waals surface area contributed by atoms with Crippen molar-refractivity contribution in [3.8, 4) is 11.3 Å². The number of carboxylic acid groups (broad SMARTS) is 1. The molecule has 1 heterocycles. The van der Waals surface area contributed by atoms with Crippen LogP contribution in [-0.4, -0.2) is 16.1 Å². The highest BCUT2D eigenvalue weighted by atomic mass is 79.9. The molecule has 0 fully saturated rings. The smallest absolute Gasteiger partial charge is 0.335 e. The van der Waals surface area contributed by atoms with Crippen LogP contribution < -0.4 is 0 Å². The standard InChI is InChI=1S/C12H8BrNO2/c13-11-6-2-5-10(14-11)8-3-1-4-9(7-8)12(15)16/h1-7H,(H,15,16).